The highest BCUT2D eigenvalue weighted by Crippen LogP contribution is 2.18. The van der Waals surface area contributed by atoms with Crippen LogP contribution in [0, 0.1) is 17.0 Å². The zero-order chi connectivity index (χ0) is 13.7. The average molecular weight is 252 g/mol. The van der Waals surface area contributed by atoms with Crippen LogP contribution in [-0.2, 0) is 0 Å². The van der Waals surface area contributed by atoms with Gasteiger partial charge in [0.2, 0.25) is 0 Å². The molecule has 18 heavy (non-hydrogen) atoms. The smallest absolute Gasteiger partial charge is 0.269 e. The largest absolute Gasteiger partial charge is 0.395 e. The van der Waals surface area contributed by atoms with E-state index in [0.717, 1.165) is 0 Å². The summed E-state index contributed by atoms with van der Waals surface area (Å²) in [6.07, 6.45) is 0. The fraction of sp³-hybridized carbons (Fsp3) is 0.417. The number of hydrogen-bond donors (Lipinski definition) is 1. The number of aliphatic hydroxyl groups is 1. The van der Waals surface area contributed by atoms with E-state index in [0.29, 0.717) is 17.7 Å². The maximum absolute atomic E-state index is 12.1. The van der Waals surface area contributed by atoms with Gasteiger partial charge in [0.25, 0.3) is 11.6 Å². The van der Waals surface area contributed by atoms with Gasteiger partial charge in [-0.3, -0.25) is 14.9 Å². The van der Waals surface area contributed by atoms with Crippen LogP contribution in [0.4, 0.5) is 5.69 Å². The van der Waals surface area contributed by atoms with Crippen molar-refractivity contribution in [2.24, 2.45) is 0 Å². The maximum Gasteiger partial charge on any atom is 0.269 e. The second-order valence-electron chi connectivity index (χ2n) is 3.86. The third kappa shape index (κ3) is 3.04. The van der Waals surface area contributed by atoms with E-state index in [1.165, 1.54) is 23.1 Å². The summed E-state index contributed by atoms with van der Waals surface area (Å²) in [6.45, 7) is 4.11. The monoisotopic (exact) mass is 252 g/mol. The molecule has 6 nitrogen and oxygen atoms in total. The molecular formula is C12H16N2O4. The van der Waals surface area contributed by atoms with E-state index in [1.54, 1.807) is 6.92 Å². The number of carbonyl (C=O) groups is 1. The van der Waals surface area contributed by atoms with Gasteiger partial charge in [-0.25, -0.2) is 0 Å². The van der Waals surface area contributed by atoms with Crippen molar-refractivity contribution in [1.29, 1.82) is 0 Å². The molecule has 6 heteroatoms. The lowest BCUT2D eigenvalue weighted by molar-refractivity contribution is -0.384. The number of amides is 1. The molecular weight excluding hydrogens is 236 g/mol. The van der Waals surface area contributed by atoms with Crippen molar-refractivity contribution < 1.29 is 14.8 Å². The van der Waals surface area contributed by atoms with Crippen molar-refractivity contribution in [2.75, 3.05) is 19.7 Å². The number of nitrogens with zero attached hydrogens (tertiary/aromatic N) is 2. The first-order valence-corrected chi connectivity index (χ1v) is 5.66. The van der Waals surface area contributed by atoms with Crippen LogP contribution in [0.25, 0.3) is 0 Å². The lowest BCUT2D eigenvalue weighted by Gasteiger charge is -2.20. The molecule has 0 bridgehead atoms. The highest BCUT2D eigenvalue weighted by Gasteiger charge is 2.17. The van der Waals surface area contributed by atoms with Crippen molar-refractivity contribution >= 4 is 11.6 Å². The van der Waals surface area contributed by atoms with Crippen LogP contribution >= 0.6 is 0 Å². The Hall–Kier alpha value is -1.95. The molecule has 1 rings (SSSR count). The van der Waals surface area contributed by atoms with Gasteiger partial charge in [0.1, 0.15) is 0 Å². The summed E-state index contributed by atoms with van der Waals surface area (Å²) < 4.78 is 0. The van der Waals surface area contributed by atoms with Crippen LogP contribution in [-0.4, -0.2) is 40.5 Å². The first-order valence-electron chi connectivity index (χ1n) is 5.66. The second kappa shape index (κ2) is 6.11. The molecule has 98 valence electrons. The van der Waals surface area contributed by atoms with Crippen molar-refractivity contribution in [2.45, 2.75) is 13.8 Å². The second-order valence-corrected chi connectivity index (χ2v) is 3.86. The lowest BCUT2D eigenvalue weighted by atomic mass is 10.1. The minimum atomic E-state index is -0.493. The van der Waals surface area contributed by atoms with Gasteiger partial charge in [-0.2, -0.15) is 0 Å². The highest BCUT2D eigenvalue weighted by molar-refractivity contribution is 5.95. The normalized spacial score (nSPS) is 10.2. The lowest BCUT2D eigenvalue weighted by Crippen LogP contribution is -2.33. The van der Waals surface area contributed by atoms with Crippen LogP contribution < -0.4 is 0 Å². The summed E-state index contributed by atoms with van der Waals surface area (Å²) in [5.74, 6) is -0.223. The number of nitro benzene ring substituents is 1. The number of hydrogen-bond acceptors (Lipinski definition) is 4. The Labute approximate surface area is 105 Å². The maximum atomic E-state index is 12.1. The fourth-order valence-electron chi connectivity index (χ4n) is 1.70. The average Bonchev–Trinajstić information content (AvgIpc) is 2.34. The number of aliphatic hydroxyl groups excluding tert-OH is 1. The van der Waals surface area contributed by atoms with E-state index in [2.05, 4.69) is 0 Å². The van der Waals surface area contributed by atoms with Crippen LogP contribution in [0.2, 0.25) is 0 Å². The Morgan fingerprint density at radius 2 is 2.17 bits per heavy atom. The Morgan fingerprint density at radius 3 is 2.61 bits per heavy atom. The molecule has 0 fully saturated rings. The van der Waals surface area contributed by atoms with Gasteiger partial charge in [-0.15, -0.1) is 0 Å². The van der Waals surface area contributed by atoms with Crippen LogP contribution in [0.15, 0.2) is 18.2 Å². The number of nitro groups is 1. The fourth-order valence-corrected chi connectivity index (χ4v) is 1.70. The Morgan fingerprint density at radius 1 is 1.50 bits per heavy atom. The topological polar surface area (TPSA) is 83.7 Å². The van der Waals surface area contributed by atoms with E-state index in [-0.39, 0.29) is 24.7 Å². The third-order valence-electron chi connectivity index (χ3n) is 2.69. The summed E-state index contributed by atoms with van der Waals surface area (Å²) in [4.78, 5) is 23.7. The van der Waals surface area contributed by atoms with Gasteiger partial charge >= 0.3 is 0 Å². The number of carbonyl (C=O) groups excluding carboxylic acids is 1. The Bertz CT molecular complexity index is 459. The summed E-state index contributed by atoms with van der Waals surface area (Å²) in [5.41, 5.74) is 0.954. The van der Waals surface area contributed by atoms with E-state index in [1.807, 2.05) is 6.92 Å². The van der Waals surface area contributed by atoms with E-state index >= 15 is 0 Å². The molecule has 1 amide bonds. The van der Waals surface area contributed by atoms with Gasteiger partial charge in [-0.1, -0.05) is 0 Å². The van der Waals surface area contributed by atoms with Crippen molar-refractivity contribution in [3.05, 3.63) is 39.4 Å². The van der Waals surface area contributed by atoms with Gasteiger partial charge in [0.15, 0.2) is 0 Å². The quantitative estimate of drug-likeness (QED) is 0.633. The molecule has 0 saturated heterocycles. The summed E-state index contributed by atoms with van der Waals surface area (Å²) in [5, 5.41) is 19.5. The van der Waals surface area contributed by atoms with Crippen molar-refractivity contribution in [3.8, 4) is 0 Å². The van der Waals surface area contributed by atoms with Crippen LogP contribution in [0.1, 0.15) is 22.8 Å². The van der Waals surface area contributed by atoms with E-state index < -0.39 is 4.92 Å². The molecule has 1 aromatic carbocycles. The molecule has 0 atom stereocenters. The molecule has 0 aliphatic heterocycles. The minimum Gasteiger partial charge on any atom is -0.395 e. The van der Waals surface area contributed by atoms with Gasteiger partial charge in [-0.05, 0) is 25.5 Å². The molecule has 0 saturated carbocycles. The molecule has 0 aliphatic rings. The minimum absolute atomic E-state index is 0.0331. The number of benzene rings is 1. The molecule has 1 N–H and O–H groups in total. The zero-order valence-corrected chi connectivity index (χ0v) is 10.4. The molecule has 0 unspecified atom stereocenters. The van der Waals surface area contributed by atoms with Gasteiger partial charge in [0, 0.05) is 30.8 Å². The predicted molar refractivity (Wildman–Crippen MR) is 66.5 cm³/mol. The summed E-state index contributed by atoms with van der Waals surface area (Å²) in [7, 11) is 0. The SMILES string of the molecule is CCN(CCO)C(=O)c1ccc([N+](=O)[O-])cc1C. The molecule has 0 heterocycles. The van der Waals surface area contributed by atoms with Crippen LogP contribution in [0.5, 0.6) is 0 Å². The van der Waals surface area contributed by atoms with Crippen molar-refractivity contribution in [3.63, 3.8) is 0 Å². The molecule has 0 spiro atoms. The predicted octanol–water partition coefficient (Wildman–Crippen LogP) is 1.36. The van der Waals surface area contributed by atoms with Crippen LogP contribution in [0.3, 0.4) is 0 Å². The molecule has 0 aromatic heterocycles. The van der Waals surface area contributed by atoms with Gasteiger partial charge in [0.05, 0.1) is 11.5 Å². The number of rotatable bonds is 5. The van der Waals surface area contributed by atoms with Gasteiger partial charge < -0.3 is 10.0 Å². The molecule has 0 radical (unpaired) electrons. The first-order chi connectivity index (χ1) is 8.51. The Kier molecular flexibility index (Phi) is 4.79. The summed E-state index contributed by atoms with van der Waals surface area (Å²) >= 11 is 0. The van der Waals surface area contributed by atoms with Crippen molar-refractivity contribution in [1.82, 2.24) is 4.90 Å². The van der Waals surface area contributed by atoms with E-state index in [9.17, 15) is 14.9 Å². The number of aryl methyl sites for hydroxylation is 1. The number of likely N-dealkylation sites (N-methyl/N-ethyl adjacent to an activating group) is 1. The third-order valence-corrected chi connectivity index (χ3v) is 2.69. The summed E-state index contributed by atoms with van der Waals surface area (Å²) in [6, 6.07) is 4.14. The zero-order valence-electron chi connectivity index (χ0n) is 10.4. The van der Waals surface area contributed by atoms with E-state index in [4.69, 9.17) is 5.11 Å². The molecule has 1 aromatic rings. The highest BCUT2D eigenvalue weighted by atomic mass is 16.6. The first kappa shape index (κ1) is 14.1. The standard InChI is InChI=1S/C12H16N2O4/c1-3-13(6-7-15)12(16)11-5-4-10(14(17)18)8-9(11)2/h4-5,8,15H,3,6-7H2,1-2H3. The number of non-ortho nitro benzene ring substituents is 1. The Balaban J connectivity index is 3.02. The molecule has 0 aliphatic carbocycles.